The van der Waals surface area contributed by atoms with E-state index in [4.69, 9.17) is 24.7 Å². The van der Waals surface area contributed by atoms with E-state index in [-0.39, 0.29) is 0 Å². The Morgan fingerprint density at radius 3 is 2.00 bits per heavy atom. The van der Waals surface area contributed by atoms with Crippen LogP contribution in [0.2, 0.25) is 0 Å². The quantitative estimate of drug-likeness (QED) is 0.892. The van der Waals surface area contributed by atoms with Crippen LogP contribution in [-0.4, -0.2) is 31.3 Å². The summed E-state index contributed by atoms with van der Waals surface area (Å²) in [5, 5.41) is 0. The molecule has 0 atom stereocenters. The number of nitrogens with zero attached hydrogens (tertiary/aromatic N) is 2. The van der Waals surface area contributed by atoms with Crippen molar-refractivity contribution in [1.82, 2.24) is 9.97 Å². The lowest BCUT2D eigenvalue weighted by atomic mass is 10.2. The van der Waals surface area contributed by atoms with Crippen LogP contribution in [0.4, 0.5) is 5.82 Å². The first-order valence-corrected chi connectivity index (χ1v) is 5.73. The van der Waals surface area contributed by atoms with Crippen molar-refractivity contribution in [3.63, 3.8) is 0 Å². The van der Waals surface area contributed by atoms with Gasteiger partial charge < -0.3 is 24.7 Å². The topological polar surface area (TPSA) is 88.7 Å². The molecule has 0 aliphatic heterocycles. The molecule has 7 heteroatoms. The second-order valence-electron chi connectivity index (χ2n) is 3.74. The van der Waals surface area contributed by atoms with Crippen molar-refractivity contribution in [2.45, 2.75) is 0 Å². The van der Waals surface area contributed by atoms with Crippen molar-refractivity contribution in [1.29, 1.82) is 0 Å². The van der Waals surface area contributed by atoms with E-state index in [9.17, 15) is 0 Å². The van der Waals surface area contributed by atoms with Gasteiger partial charge in [0.25, 0.3) is 0 Å². The zero-order valence-corrected chi connectivity index (χ0v) is 11.4. The average Bonchev–Trinajstić information content (AvgIpc) is 2.48. The van der Waals surface area contributed by atoms with E-state index in [0.29, 0.717) is 34.7 Å². The molecule has 0 aliphatic rings. The summed E-state index contributed by atoms with van der Waals surface area (Å²) < 4.78 is 21.3. The first-order valence-electron chi connectivity index (χ1n) is 5.73. The van der Waals surface area contributed by atoms with Crippen LogP contribution >= 0.6 is 0 Å². The fourth-order valence-corrected chi connectivity index (χ4v) is 1.62. The lowest BCUT2D eigenvalue weighted by Gasteiger charge is -2.14. The molecule has 0 spiro atoms. The van der Waals surface area contributed by atoms with Crippen molar-refractivity contribution < 1.29 is 18.9 Å². The molecule has 7 nitrogen and oxygen atoms in total. The van der Waals surface area contributed by atoms with Crippen LogP contribution in [0.3, 0.4) is 0 Å². The highest BCUT2D eigenvalue weighted by atomic mass is 16.5. The molecule has 0 unspecified atom stereocenters. The van der Waals surface area contributed by atoms with Gasteiger partial charge in [0.15, 0.2) is 11.5 Å². The highest BCUT2D eigenvalue weighted by molar-refractivity contribution is 5.56. The molecule has 0 bridgehead atoms. The molecule has 1 heterocycles. The zero-order valence-electron chi connectivity index (χ0n) is 11.4. The summed E-state index contributed by atoms with van der Waals surface area (Å²) in [4.78, 5) is 7.90. The molecule has 0 radical (unpaired) electrons. The molecule has 0 amide bonds. The van der Waals surface area contributed by atoms with E-state index >= 15 is 0 Å². The molecule has 20 heavy (non-hydrogen) atoms. The maximum atomic E-state index is 5.57. The Balaban J connectivity index is 2.34. The van der Waals surface area contributed by atoms with Crippen LogP contribution in [0.15, 0.2) is 24.5 Å². The Hall–Kier alpha value is -2.70. The number of nitrogens with two attached hydrogens (primary N) is 1. The van der Waals surface area contributed by atoms with Crippen LogP contribution in [0, 0.1) is 0 Å². The number of benzene rings is 1. The van der Waals surface area contributed by atoms with Crippen molar-refractivity contribution in [3.05, 3.63) is 24.5 Å². The summed E-state index contributed by atoms with van der Waals surface area (Å²) in [6.07, 6.45) is 2.84. The van der Waals surface area contributed by atoms with Crippen molar-refractivity contribution in [2.24, 2.45) is 0 Å². The van der Waals surface area contributed by atoms with Gasteiger partial charge in [-0.25, -0.2) is 9.97 Å². The lowest BCUT2D eigenvalue weighted by molar-refractivity contribution is 0.320. The van der Waals surface area contributed by atoms with Crippen molar-refractivity contribution in [2.75, 3.05) is 27.1 Å². The number of nitrogen functional groups attached to an aromatic ring is 1. The van der Waals surface area contributed by atoms with Gasteiger partial charge in [-0.15, -0.1) is 0 Å². The van der Waals surface area contributed by atoms with Gasteiger partial charge in [0.2, 0.25) is 11.6 Å². The second kappa shape index (κ2) is 5.96. The largest absolute Gasteiger partial charge is 0.493 e. The third-order valence-corrected chi connectivity index (χ3v) is 2.51. The van der Waals surface area contributed by atoms with Gasteiger partial charge in [-0.05, 0) is 0 Å². The van der Waals surface area contributed by atoms with Gasteiger partial charge in [0.1, 0.15) is 11.6 Å². The Morgan fingerprint density at radius 2 is 1.55 bits per heavy atom. The van der Waals surface area contributed by atoms with Gasteiger partial charge in [-0.3, -0.25) is 0 Å². The maximum Gasteiger partial charge on any atom is 0.237 e. The summed E-state index contributed by atoms with van der Waals surface area (Å²) in [5.41, 5.74) is 5.46. The number of rotatable bonds is 5. The summed E-state index contributed by atoms with van der Waals surface area (Å²) in [7, 11) is 4.60. The first kappa shape index (κ1) is 13.7. The fraction of sp³-hybridized carbons (Fsp3) is 0.231. The van der Waals surface area contributed by atoms with Crippen LogP contribution in [0.25, 0.3) is 0 Å². The monoisotopic (exact) mass is 277 g/mol. The summed E-state index contributed by atoms with van der Waals surface area (Å²) in [6, 6.07) is 3.33. The third-order valence-electron chi connectivity index (χ3n) is 2.51. The molecule has 1 aromatic heterocycles. The Kier molecular flexibility index (Phi) is 4.09. The molecule has 2 aromatic rings. The number of methoxy groups -OCH3 is 3. The van der Waals surface area contributed by atoms with Gasteiger partial charge in [-0.2, -0.15) is 0 Å². The molecule has 1 aromatic carbocycles. The standard InChI is InChI=1S/C13H15N3O4/c1-17-9-4-8(5-10(18-2)13(9)19-3)20-12-7-15-11(14)6-16-12/h4-7H,1-3H3,(H2,14,15). The van der Waals surface area contributed by atoms with Crippen LogP contribution < -0.4 is 24.7 Å². The second-order valence-corrected chi connectivity index (χ2v) is 3.74. The van der Waals surface area contributed by atoms with E-state index in [1.54, 1.807) is 12.1 Å². The molecule has 0 saturated heterocycles. The van der Waals surface area contributed by atoms with Gasteiger partial charge in [-0.1, -0.05) is 0 Å². The molecular formula is C13H15N3O4. The Bertz CT molecular complexity index is 562. The molecule has 0 aliphatic carbocycles. The molecule has 2 rings (SSSR count). The maximum absolute atomic E-state index is 5.57. The van der Waals surface area contributed by atoms with E-state index in [1.807, 2.05) is 0 Å². The Morgan fingerprint density at radius 1 is 0.900 bits per heavy atom. The smallest absolute Gasteiger partial charge is 0.237 e. The minimum Gasteiger partial charge on any atom is -0.493 e. The van der Waals surface area contributed by atoms with E-state index < -0.39 is 0 Å². The van der Waals surface area contributed by atoms with E-state index in [2.05, 4.69) is 9.97 Å². The zero-order chi connectivity index (χ0) is 14.5. The fourth-order valence-electron chi connectivity index (χ4n) is 1.62. The van der Waals surface area contributed by atoms with Gasteiger partial charge in [0.05, 0.1) is 33.7 Å². The van der Waals surface area contributed by atoms with Crippen LogP contribution in [0.1, 0.15) is 0 Å². The van der Waals surface area contributed by atoms with E-state index in [1.165, 1.54) is 33.7 Å². The van der Waals surface area contributed by atoms with Gasteiger partial charge in [0, 0.05) is 12.1 Å². The van der Waals surface area contributed by atoms with Crippen molar-refractivity contribution in [3.8, 4) is 28.9 Å². The SMILES string of the molecule is COc1cc(Oc2cnc(N)cn2)cc(OC)c1OC. The summed E-state index contributed by atoms with van der Waals surface area (Å²) >= 11 is 0. The molecule has 0 fully saturated rings. The van der Waals surface area contributed by atoms with Gasteiger partial charge >= 0.3 is 0 Å². The first-order chi connectivity index (χ1) is 9.67. The highest BCUT2D eigenvalue weighted by Crippen LogP contribution is 2.41. The highest BCUT2D eigenvalue weighted by Gasteiger charge is 2.14. The van der Waals surface area contributed by atoms with Crippen LogP contribution in [0.5, 0.6) is 28.9 Å². The van der Waals surface area contributed by atoms with E-state index in [0.717, 1.165) is 0 Å². The van der Waals surface area contributed by atoms with Crippen molar-refractivity contribution >= 4 is 5.82 Å². The normalized spacial score (nSPS) is 9.95. The molecule has 2 N–H and O–H groups in total. The summed E-state index contributed by atoms with van der Waals surface area (Å²) in [5.74, 6) is 2.59. The number of hydrogen-bond donors (Lipinski definition) is 1. The molecular weight excluding hydrogens is 262 g/mol. The predicted molar refractivity (Wildman–Crippen MR) is 72.6 cm³/mol. The lowest BCUT2D eigenvalue weighted by Crippen LogP contribution is -1.97. The number of hydrogen-bond acceptors (Lipinski definition) is 7. The number of ether oxygens (including phenoxy) is 4. The van der Waals surface area contributed by atoms with Crippen LogP contribution in [-0.2, 0) is 0 Å². The minimum absolute atomic E-state index is 0.313. The average molecular weight is 277 g/mol. The predicted octanol–water partition coefficient (Wildman–Crippen LogP) is 1.88. The minimum atomic E-state index is 0.313. The number of aromatic nitrogens is 2. The molecule has 0 saturated carbocycles. The number of anilines is 1. The molecule has 106 valence electrons. The summed E-state index contributed by atoms with van der Waals surface area (Å²) in [6.45, 7) is 0. The Labute approximate surface area is 116 Å². The third kappa shape index (κ3) is 2.82.